The Kier molecular flexibility index (Phi) is 6.36. The molecule has 1 fully saturated rings. The Hall–Kier alpha value is -4.52. The molecule has 1 aliphatic rings. The minimum absolute atomic E-state index is 0.00772. The first-order valence-electron chi connectivity index (χ1n) is 25.8. The number of halogens is 5. The van der Waals surface area contributed by atoms with E-state index in [4.69, 9.17) is 29.4 Å². The number of piperidine rings is 1. The Morgan fingerprint density at radius 2 is 1.70 bits per heavy atom. The summed E-state index contributed by atoms with van der Waals surface area (Å²) in [6.07, 6.45) is -5.77. The van der Waals surface area contributed by atoms with Gasteiger partial charge in [-0.2, -0.15) is 13.2 Å². The Labute approximate surface area is 337 Å². The predicted octanol–water partition coefficient (Wildman–Crippen LogP) is 8.71. The molecular weight excluding hydrogens is 710 g/mol. The summed E-state index contributed by atoms with van der Waals surface area (Å²) in [5.41, 5.74) is -8.31. The minimum atomic E-state index is -5.41. The van der Waals surface area contributed by atoms with Crippen LogP contribution in [0.15, 0.2) is 100 Å². The maximum Gasteiger partial charge on any atom is 0.416 e. The fourth-order valence-electron chi connectivity index (χ4n) is 5.44. The van der Waals surface area contributed by atoms with E-state index >= 15 is 9.18 Å². The van der Waals surface area contributed by atoms with E-state index < -0.39 is 195 Å². The SMILES string of the molecule is [2H]c1c([2H])c(F)c(F)c(CSc2c([2H])c(=O)c3c([2H])c(C)c([2H])c([2H])c3n2CC(=O)N(C2CCN(CCOC([2H])([2H])[2H])CC2)C([2H])([2H])c2c([2H])c([2H])c(-c3c([2H])c([2H])c(C(F)(F)F)c([2H])c3[2H])c([2H])c2[2H])c1[2H]. The average molecular weight is 770 g/mol. The molecule has 278 valence electrons. The van der Waals surface area contributed by atoms with Crippen LogP contribution in [0.25, 0.3) is 22.0 Å². The summed E-state index contributed by atoms with van der Waals surface area (Å²) < 4.78 is 246. The van der Waals surface area contributed by atoms with Crippen LogP contribution in [0.2, 0.25) is 0 Å². The van der Waals surface area contributed by atoms with E-state index in [1.807, 2.05) is 0 Å². The van der Waals surface area contributed by atoms with Crippen molar-refractivity contribution in [3.8, 4) is 11.1 Å². The van der Waals surface area contributed by atoms with Crippen LogP contribution in [0.5, 0.6) is 0 Å². The summed E-state index contributed by atoms with van der Waals surface area (Å²) in [5, 5.41) is -1.34. The minimum Gasteiger partial charge on any atom is -0.383 e. The molecular formula is C41H40F5N3O3S. The second-order valence-corrected chi connectivity index (χ2v) is 12.6. The number of thioether (sulfide) groups is 1. The number of ether oxygens (including phenoxy) is 1. The molecule has 53 heavy (non-hydrogen) atoms. The number of amides is 1. The van der Waals surface area contributed by atoms with E-state index in [0.717, 1.165) is 4.57 Å². The smallest absolute Gasteiger partial charge is 0.383 e. The van der Waals surface area contributed by atoms with Gasteiger partial charge < -0.3 is 19.1 Å². The molecule has 0 spiro atoms. The van der Waals surface area contributed by atoms with Gasteiger partial charge in [0.2, 0.25) is 5.91 Å². The Bertz CT molecular complexity index is 3080. The number of carbonyl (C=O) groups is 1. The standard InChI is InChI=1S/C41H40F5N3O3S/c1-27-6-15-36-34(22-27)37(50)23-39(53-26-31-4-3-5-35(42)40(31)43)49(36)25-38(51)48(33-16-18-47(19-17-33)20-21-52-2)24-28-7-9-29(10-8-28)30-11-13-32(14-12-30)41(44,45)46/h3-15,22-23,33H,16-21,24-26H2,1-2H3/i2D3,3D,4D,5D,6D,7D,8D,9D,10D,11D,12D,13D,14D,15D,22D,23D,24D2. The molecule has 0 aliphatic carbocycles. The van der Waals surface area contributed by atoms with Gasteiger partial charge in [-0.15, -0.1) is 11.8 Å². The number of carbonyl (C=O) groups excluding carboxylic acids is 1. The largest absolute Gasteiger partial charge is 0.416 e. The second kappa shape index (κ2) is 16.7. The van der Waals surface area contributed by atoms with E-state index in [2.05, 4.69) is 0 Å². The molecule has 4 aromatic carbocycles. The number of benzene rings is 4. The number of fused-ring (bicyclic) bond motifs is 1. The molecule has 5 aromatic rings. The highest BCUT2D eigenvalue weighted by molar-refractivity contribution is 7.98. The number of hydrogen-bond acceptors (Lipinski definition) is 5. The zero-order valence-electron chi connectivity index (χ0n) is 47.6. The highest BCUT2D eigenvalue weighted by Gasteiger charge is 2.31. The van der Waals surface area contributed by atoms with Crippen LogP contribution in [-0.2, 0) is 34.5 Å². The van der Waals surface area contributed by atoms with Gasteiger partial charge in [0.05, 0.1) is 50.1 Å². The van der Waals surface area contributed by atoms with E-state index in [0.29, 0.717) is 16.7 Å². The van der Waals surface area contributed by atoms with Crippen molar-refractivity contribution in [3.63, 3.8) is 0 Å². The van der Waals surface area contributed by atoms with Crippen LogP contribution in [0.1, 0.15) is 62.5 Å². The van der Waals surface area contributed by atoms with Gasteiger partial charge in [-0.05, 0) is 66.7 Å². The summed E-state index contributed by atoms with van der Waals surface area (Å²) in [6.45, 7) is -3.85. The second-order valence-electron chi connectivity index (χ2n) is 11.6. The zero-order valence-corrected chi connectivity index (χ0v) is 28.4. The fraction of sp³-hybridized carbons (Fsp3) is 0.317. The highest BCUT2D eigenvalue weighted by atomic mass is 32.2. The van der Waals surface area contributed by atoms with E-state index in [1.54, 1.807) is 4.90 Å². The lowest BCUT2D eigenvalue weighted by Gasteiger charge is -2.39. The van der Waals surface area contributed by atoms with Crippen molar-refractivity contribution >= 4 is 28.6 Å². The molecule has 2 heterocycles. The van der Waals surface area contributed by atoms with Gasteiger partial charge in [0.15, 0.2) is 17.1 Å². The number of pyridine rings is 1. The first-order chi connectivity index (χ1) is 33.6. The summed E-state index contributed by atoms with van der Waals surface area (Å²) in [7, 11) is -2.75. The first kappa shape index (κ1) is 20.2. The third-order valence-electron chi connectivity index (χ3n) is 8.09. The van der Waals surface area contributed by atoms with Crippen LogP contribution >= 0.6 is 11.8 Å². The number of methoxy groups -OCH3 is 1. The van der Waals surface area contributed by atoms with E-state index in [9.17, 15) is 25.1 Å². The van der Waals surface area contributed by atoms with Gasteiger partial charge in [-0.1, -0.05) is 59.9 Å². The highest BCUT2D eigenvalue weighted by Crippen LogP contribution is 2.32. The third-order valence-corrected chi connectivity index (χ3v) is 9.12. The molecule has 6 nitrogen and oxygen atoms in total. The third kappa shape index (κ3) is 9.17. The van der Waals surface area contributed by atoms with Crippen molar-refractivity contribution in [2.24, 2.45) is 0 Å². The molecule has 6 rings (SSSR count). The van der Waals surface area contributed by atoms with Gasteiger partial charge >= 0.3 is 6.18 Å². The monoisotopic (exact) mass is 769 g/mol. The molecule has 12 heteroatoms. The van der Waals surface area contributed by atoms with Crippen molar-refractivity contribution in [1.82, 2.24) is 14.4 Å². The van der Waals surface area contributed by atoms with Gasteiger partial charge in [0.1, 0.15) is 6.54 Å². The van der Waals surface area contributed by atoms with Crippen molar-refractivity contribution in [2.45, 2.75) is 55.8 Å². The molecule has 0 saturated carbocycles. The van der Waals surface area contributed by atoms with Crippen LogP contribution in [0, 0.1) is 18.6 Å². The summed E-state index contributed by atoms with van der Waals surface area (Å²) in [6, 6.07) is -19.0. The van der Waals surface area contributed by atoms with Crippen LogP contribution in [-0.4, -0.2) is 59.6 Å². The molecule has 1 aliphatic heterocycles. The fourth-order valence-corrected chi connectivity index (χ4v) is 6.39. The number of alkyl halides is 3. The van der Waals surface area contributed by atoms with Crippen molar-refractivity contribution < 1.29 is 58.9 Å². The summed E-state index contributed by atoms with van der Waals surface area (Å²) in [4.78, 5) is 31.4. The predicted molar refractivity (Wildman–Crippen MR) is 198 cm³/mol. The van der Waals surface area contributed by atoms with Gasteiger partial charge in [0.25, 0.3) is 0 Å². The van der Waals surface area contributed by atoms with Crippen molar-refractivity contribution in [2.75, 3.05) is 33.3 Å². The maximum absolute atomic E-state index is 15.3. The van der Waals surface area contributed by atoms with Crippen LogP contribution in [0.3, 0.4) is 0 Å². The number of likely N-dealkylation sites (tertiary alicyclic amines) is 1. The van der Waals surface area contributed by atoms with E-state index in [-0.39, 0.29) is 44.6 Å². The first-order valence-corrected chi connectivity index (χ1v) is 16.8. The molecule has 1 saturated heterocycles. The van der Waals surface area contributed by atoms with Gasteiger partial charge in [-0.25, -0.2) is 8.78 Å². The van der Waals surface area contributed by atoms with Gasteiger partial charge in [0, 0.05) is 62.0 Å². The lowest BCUT2D eigenvalue weighted by atomic mass is 10.00. The van der Waals surface area contributed by atoms with Crippen LogP contribution < -0.4 is 5.43 Å². The molecule has 1 aromatic heterocycles. The number of nitrogens with zero attached hydrogens (tertiary/aromatic N) is 3. The lowest BCUT2D eigenvalue weighted by molar-refractivity contribution is -0.137. The molecule has 0 N–H and O–H groups in total. The number of rotatable bonds is 12. The van der Waals surface area contributed by atoms with Crippen LogP contribution in [0.4, 0.5) is 22.0 Å². The molecule has 0 atom stereocenters. The number of aromatic nitrogens is 1. The maximum atomic E-state index is 15.3. The Morgan fingerprint density at radius 3 is 2.38 bits per heavy atom. The normalized spacial score (nSPS) is 20.0. The zero-order chi connectivity index (χ0) is 55.0. The van der Waals surface area contributed by atoms with Crippen molar-refractivity contribution in [1.29, 1.82) is 0 Å². The summed E-state index contributed by atoms with van der Waals surface area (Å²) >= 11 is 0.295. The quantitative estimate of drug-likeness (QED) is 0.0940. The molecule has 1 amide bonds. The average Bonchev–Trinajstić information content (AvgIpc) is 3.30. The summed E-state index contributed by atoms with van der Waals surface area (Å²) in [5.74, 6) is -5.82. The lowest BCUT2D eigenvalue weighted by Crippen LogP contribution is -2.48. The van der Waals surface area contributed by atoms with E-state index in [1.165, 1.54) is 6.92 Å². The molecule has 0 unspecified atom stereocenters. The van der Waals surface area contributed by atoms with Crippen molar-refractivity contribution in [3.05, 3.63) is 135 Å². The Balaban J connectivity index is 1.58. The topological polar surface area (TPSA) is 54.8 Å². The molecule has 0 radical (unpaired) electrons. The number of hydrogen-bond donors (Lipinski definition) is 0. The Morgan fingerprint density at radius 1 is 1.00 bits per heavy atom. The molecule has 0 bridgehead atoms. The van der Waals surface area contributed by atoms with Gasteiger partial charge in [-0.3, -0.25) is 9.59 Å².